The minimum Gasteiger partial charge on any atom is -0.466 e. The highest BCUT2D eigenvalue weighted by Gasteiger charge is 2.64. The quantitative estimate of drug-likeness (QED) is 0.0373. The van der Waals surface area contributed by atoms with Gasteiger partial charge in [-0.05, 0) is 100 Å². The van der Waals surface area contributed by atoms with E-state index in [1.807, 2.05) is 20.8 Å². The van der Waals surface area contributed by atoms with Gasteiger partial charge < -0.3 is 18.9 Å². The molecule has 0 fully saturated rings. The number of carbonyl (C=O) groups is 10. The van der Waals surface area contributed by atoms with E-state index < -0.39 is 100 Å². The van der Waals surface area contributed by atoms with Crippen LogP contribution in [0.4, 0.5) is 0 Å². The molecule has 0 bridgehead atoms. The smallest absolute Gasteiger partial charge is 0.305 e. The average molecular weight is 837 g/mol. The molecule has 0 saturated heterocycles. The van der Waals surface area contributed by atoms with Crippen molar-refractivity contribution in [2.75, 3.05) is 26.4 Å². The Kier molecular flexibility index (Phi) is 23.1. The van der Waals surface area contributed by atoms with Crippen LogP contribution in [0.3, 0.4) is 0 Å². The summed E-state index contributed by atoms with van der Waals surface area (Å²) >= 11 is 0. The first-order chi connectivity index (χ1) is 27.5. The summed E-state index contributed by atoms with van der Waals surface area (Å²) in [4.78, 5) is 131. The summed E-state index contributed by atoms with van der Waals surface area (Å²) in [7, 11) is 0. The zero-order valence-corrected chi connectivity index (χ0v) is 37.9. The van der Waals surface area contributed by atoms with Crippen LogP contribution in [-0.4, -0.2) is 85.0 Å². The number of ketones is 6. The van der Waals surface area contributed by atoms with Crippen LogP contribution in [0.1, 0.15) is 173 Å². The first kappa shape index (κ1) is 54.9. The third-order valence-electron chi connectivity index (χ3n) is 12.8. The second kappa shape index (κ2) is 24.9. The molecule has 0 heterocycles. The van der Waals surface area contributed by atoms with Crippen molar-refractivity contribution < 1.29 is 66.9 Å². The molecule has 0 saturated carbocycles. The van der Waals surface area contributed by atoms with Crippen LogP contribution in [0, 0.1) is 27.1 Å². The fraction of sp³-hybridized carbons (Fsp3) is 0.778. The van der Waals surface area contributed by atoms with Gasteiger partial charge in [0.25, 0.3) is 0 Å². The van der Waals surface area contributed by atoms with Crippen molar-refractivity contribution in [2.24, 2.45) is 27.1 Å². The second-order valence-electron chi connectivity index (χ2n) is 16.2. The summed E-state index contributed by atoms with van der Waals surface area (Å²) in [5, 5.41) is 0. The highest BCUT2D eigenvalue weighted by atomic mass is 16.6. The van der Waals surface area contributed by atoms with Gasteiger partial charge in [-0.1, -0.05) is 47.0 Å². The van der Waals surface area contributed by atoms with E-state index in [9.17, 15) is 47.9 Å². The molecule has 14 heteroatoms. The highest BCUT2D eigenvalue weighted by Crippen LogP contribution is 2.61. The van der Waals surface area contributed by atoms with Crippen molar-refractivity contribution in [1.82, 2.24) is 0 Å². The molecule has 0 radical (unpaired) electrons. The molecule has 0 aliphatic rings. The molecule has 0 aromatic rings. The Balaban J connectivity index is 7.13. The summed E-state index contributed by atoms with van der Waals surface area (Å²) in [6.07, 6.45) is 0.393. The molecule has 1 unspecified atom stereocenters. The molecule has 336 valence electrons. The molecule has 0 rings (SSSR count). The zero-order chi connectivity index (χ0) is 45.8. The minimum absolute atomic E-state index is 0.116. The largest absolute Gasteiger partial charge is 0.466 e. The Morgan fingerprint density at radius 3 is 0.966 bits per heavy atom. The predicted octanol–water partition coefficient (Wildman–Crippen LogP) is 7.21. The van der Waals surface area contributed by atoms with Crippen LogP contribution in [0.2, 0.25) is 0 Å². The number of rotatable bonds is 32. The lowest BCUT2D eigenvalue weighted by molar-refractivity contribution is -0.185. The maximum Gasteiger partial charge on any atom is 0.305 e. The molecular weight excluding hydrogens is 764 g/mol. The number of hydrogen-bond acceptors (Lipinski definition) is 14. The lowest BCUT2D eigenvalue weighted by Crippen LogP contribution is -2.62. The van der Waals surface area contributed by atoms with Crippen LogP contribution in [0.25, 0.3) is 0 Å². The highest BCUT2D eigenvalue weighted by molar-refractivity contribution is 6.07. The van der Waals surface area contributed by atoms with E-state index in [-0.39, 0.29) is 76.1 Å². The van der Waals surface area contributed by atoms with E-state index >= 15 is 0 Å². The van der Waals surface area contributed by atoms with Crippen LogP contribution in [-0.2, 0) is 66.9 Å². The molecule has 0 aliphatic heterocycles. The predicted molar refractivity (Wildman–Crippen MR) is 219 cm³/mol. The van der Waals surface area contributed by atoms with Crippen LogP contribution < -0.4 is 0 Å². The molecular formula is C45H72O14. The maximum atomic E-state index is 13.9. The third-order valence-corrected chi connectivity index (χ3v) is 12.8. The van der Waals surface area contributed by atoms with Gasteiger partial charge >= 0.3 is 23.9 Å². The number of esters is 4. The van der Waals surface area contributed by atoms with Gasteiger partial charge in [-0.3, -0.25) is 47.9 Å². The summed E-state index contributed by atoms with van der Waals surface area (Å²) in [6, 6.07) is 0. The molecule has 0 amide bonds. The van der Waals surface area contributed by atoms with Crippen molar-refractivity contribution in [2.45, 2.75) is 173 Å². The van der Waals surface area contributed by atoms with Crippen molar-refractivity contribution >= 4 is 58.6 Å². The fourth-order valence-electron chi connectivity index (χ4n) is 9.13. The minimum atomic E-state index is -1.65. The summed E-state index contributed by atoms with van der Waals surface area (Å²) in [6.45, 7) is 17.6. The Labute approximate surface area is 351 Å². The number of hydrogen-bond donors (Lipinski definition) is 0. The Morgan fingerprint density at radius 2 is 0.729 bits per heavy atom. The van der Waals surface area contributed by atoms with E-state index in [0.29, 0.717) is 25.7 Å². The fourth-order valence-corrected chi connectivity index (χ4v) is 9.13. The van der Waals surface area contributed by atoms with Gasteiger partial charge in [0.2, 0.25) is 0 Å². The van der Waals surface area contributed by atoms with Crippen LogP contribution in [0.15, 0.2) is 0 Å². The molecule has 0 aromatic heterocycles. The first-order valence-electron chi connectivity index (χ1n) is 21.1. The standard InChI is InChI=1S/C45H72O14/c1-13-18-24-44(15-3,45(23-14-2,35(10)50)36(11)51)41(12,29-58-39(54)21-27-42(31(6)46,32(7)47)25-19-37(52)56-16-4)30-59-40(55)22-28-43(33(8)48,34(9)49)26-20-38(53)57-17-5/h13-30H2,1-12H3. The van der Waals surface area contributed by atoms with Gasteiger partial charge in [-0.15, -0.1) is 0 Å². The van der Waals surface area contributed by atoms with E-state index in [4.69, 9.17) is 18.9 Å². The van der Waals surface area contributed by atoms with Gasteiger partial charge in [0.15, 0.2) is 0 Å². The number of carbonyl (C=O) groups excluding carboxylic acids is 10. The monoisotopic (exact) mass is 836 g/mol. The molecule has 0 aromatic carbocycles. The van der Waals surface area contributed by atoms with Gasteiger partial charge in [-0.2, -0.15) is 0 Å². The van der Waals surface area contributed by atoms with Crippen molar-refractivity contribution in [3.05, 3.63) is 0 Å². The summed E-state index contributed by atoms with van der Waals surface area (Å²) < 4.78 is 21.8. The second-order valence-corrected chi connectivity index (χ2v) is 16.2. The van der Waals surface area contributed by atoms with E-state index in [1.54, 1.807) is 20.8 Å². The number of Topliss-reactive ketones (excluding diaryl/α,β-unsaturated/α-hetero) is 6. The lowest BCUT2D eigenvalue weighted by atomic mass is 9.45. The van der Waals surface area contributed by atoms with Crippen molar-refractivity contribution in [1.29, 1.82) is 0 Å². The average Bonchev–Trinajstić information content (AvgIpc) is 3.15. The molecule has 59 heavy (non-hydrogen) atoms. The molecule has 1 atom stereocenters. The van der Waals surface area contributed by atoms with Crippen molar-refractivity contribution in [3.8, 4) is 0 Å². The molecule has 0 N–H and O–H groups in total. The van der Waals surface area contributed by atoms with E-state index in [0.717, 1.165) is 0 Å². The van der Waals surface area contributed by atoms with E-state index in [2.05, 4.69) is 0 Å². The van der Waals surface area contributed by atoms with Gasteiger partial charge in [-0.25, -0.2) is 0 Å². The first-order valence-corrected chi connectivity index (χ1v) is 21.1. The molecule has 0 spiro atoms. The lowest BCUT2D eigenvalue weighted by Gasteiger charge is -2.57. The molecule has 14 nitrogen and oxygen atoms in total. The van der Waals surface area contributed by atoms with Gasteiger partial charge in [0.1, 0.15) is 47.9 Å². The summed E-state index contributed by atoms with van der Waals surface area (Å²) in [5.41, 5.74) is -7.49. The van der Waals surface area contributed by atoms with Crippen LogP contribution >= 0.6 is 0 Å². The SMILES string of the molecule is CCCCC(CC)(C(C)(COC(=O)CCC(CCC(=O)OCC)(C(C)=O)C(C)=O)COC(=O)CCC(CCC(=O)OCC)(C(C)=O)C(C)=O)C(CCC)(C(C)=O)C(C)=O. The van der Waals surface area contributed by atoms with Crippen molar-refractivity contribution in [3.63, 3.8) is 0 Å². The normalized spacial score (nSPS) is 13.1. The third kappa shape index (κ3) is 13.4. The Bertz CT molecular complexity index is 1400. The number of ether oxygens (including phenoxy) is 4. The number of unbranched alkanes of at least 4 members (excludes halogenated alkanes) is 1. The Hall–Kier alpha value is -4.10. The topological polar surface area (TPSA) is 208 Å². The molecule has 0 aliphatic carbocycles. The van der Waals surface area contributed by atoms with Gasteiger partial charge in [0.05, 0.1) is 29.5 Å². The zero-order valence-electron chi connectivity index (χ0n) is 37.9. The summed E-state index contributed by atoms with van der Waals surface area (Å²) in [5.74, 6) is -5.61. The van der Waals surface area contributed by atoms with E-state index in [1.165, 1.54) is 41.5 Å². The van der Waals surface area contributed by atoms with Crippen LogP contribution in [0.5, 0.6) is 0 Å². The Morgan fingerprint density at radius 1 is 0.407 bits per heavy atom. The maximum absolute atomic E-state index is 13.9. The van der Waals surface area contributed by atoms with Gasteiger partial charge in [0, 0.05) is 36.5 Å².